The third-order valence-electron chi connectivity index (χ3n) is 5.70. The van der Waals surface area contributed by atoms with Gasteiger partial charge in [-0.15, -0.1) is 0 Å². The summed E-state index contributed by atoms with van der Waals surface area (Å²) in [5.74, 6) is 1.01. The molecule has 6 heteroatoms. The number of carbonyl (C=O) groups excluding carboxylic acids is 1. The zero-order valence-electron chi connectivity index (χ0n) is 16.6. The highest BCUT2D eigenvalue weighted by Gasteiger charge is 2.24. The van der Waals surface area contributed by atoms with E-state index in [-0.39, 0.29) is 5.91 Å². The van der Waals surface area contributed by atoms with Gasteiger partial charge in [0.1, 0.15) is 5.82 Å². The Morgan fingerprint density at radius 3 is 2.89 bits per heavy atom. The van der Waals surface area contributed by atoms with E-state index in [1.165, 1.54) is 0 Å². The summed E-state index contributed by atoms with van der Waals surface area (Å²) in [4.78, 5) is 26.2. The van der Waals surface area contributed by atoms with E-state index in [0.717, 1.165) is 61.5 Å². The molecule has 6 nitrogen and oxygen atoms in total. The van der Waals surface area contributed by atoms with Gasteiger partial charge < -0.3 is 9.30 Å². The molecule has 0 bridgehead atoms. The highest BCUT2D eigenvalue weighted by Crippen LogP contribution is 2.19. The van der Waals surface area contributed by atoms with E-state index in [2.05, 4.69) is 28.0 Å². The molecule has 28 heavy (non-hydrogen) atoms. The van der Waals surface area contributed by atoms with Crippen LogP contribution in [0, 0.1) is 6.92 Å². The van der Waals surface area contributed by atoms with Gasteiger partial charge in [0, 0.05) is 38.1 Å². The molecule has 1 saturated heterocycles. The summed E-state index contributed by atoms with van der Waals surface area (Å²) in [5, 5.41) is 0. The lowest BCUT2D eigenvalue weighted by Gasteiger charge is -2.27. The summed E-state index contributed by atoms with van der Waals surface area (Å²) in [6.07, 6.45) is 8.70. The van der Waals surface area contributed by atoms with Crippen molar-refractivity contribution in [2.45, 2.75) is 38.8 Å². The van der Waals surface area contributed by atoms with Gasteiger partial charge in [0.05, 0.1) is 23.0 Å². The fourth-order valence-electron chi connectivity index (χ4n) is 4.03. The monoisotopic (exact) mass is 377 g/mol. The molecule has 0 radical (unpaired) electrons. The topological polar surface area (TPSA) is 53.7 Å². The minimum Gasteiger partial charge on any atom is -0.339 e. The Hall–Kier alpha value is -2.73. The van der Waals surface area contributed by atoms with Crippen LogP contribution < -0.4 is 0 Å². The van der Waals surface area contributed by atoms with Crippen LogP contribution in [0.3, 0.4) is 0 Å². The molecule has 1 fully saturated rings. The normalized spacial score (nSPS) is 17.8. The number of aryl methyl sites for hydroxylation is 1. The molecule has 0 aromatic carbocycles. The van der Waals surface area contributed by atoms with E-state index in [1.807, 2.05) is 59.1 Å². The molecule has 0 N–H and O–H groups in total. The molecule has 146 valence electrons. The van der Waals surface area contributed by atoms with Gasteiger partial charge in [-0.2, -0.15) is 0 Å². The molecular weight excluding hydrogens is 350 g/mol. The van der Waals surface area contributed by atoms with Gasteiger partial charge in [-0.3, -0.25) is 14.7 Å². The highest BCUT2D eigenvalue weighted by atomic mass is 16.2. The van der Waals surface area contributed by atoms with Crippen LogP contribution in [0.5, 0.6) is 0 Å². The number of pyridine rings is 2. The number of aromatic nitrogens is 3. The second-order valence-corrected chi connectivity index (χ2v) is 7.63. The summed E-state index contributed by atoms with van der Waals surface area (Å²) in [6, 6.07) is 10.4. The Balaban J connectivity index is 1.41. The molecule has 3 aromatic rings. The van der Waals surface area contributed by atoms with Gasteiger partial charge in [-0.05, 0) is 57.5 Å². The standard InChI is InChI=1S/C22H27N5O/c1-17-24-14-21-9-8-18(15-27(17)21)22(28)26-12-5-7-20(10-13-26)25(2)16-19-6-3-4-11-23-19/h3-4,6,8-9,11,14-15,20H,5,7,10,12-13,16H2,1-2H3. The van der Waals surface area contributed by atoms with Gasteiger partial charge in [-0.25, -0.2) is 4.98 Å². The Bertz CT molecular complexity index is 952. The van der Waals surface area contributed by atoms with E-state index in [4.69, 9.17) is 0 Å². The molecule has 0 aliphatic carbocycles. The maximum atomic E-state index is 13.1. The molecule has 1 atom stereocenters. The zero-order chi connectivity index (χ0) is 19.5. The van der Waals surface area contributed by atoms with Crippen molar-refractivity contribution >= 4 is 11.4 Å². The lowest BCUT2D eigenvalue weighted by Crippen LogP contribution is -2.35. The number of likely N-dealkylation sites (tertiary alicyclic amines) is 1. The fourth-order valence-corrected chi connectivity index (χ4v) is 4.03. The summed E-state index contributed by atoms with van der Waals surface area (Å²) in [7, 11) is 2.16. The third-order valence-corrected chi connectivity index (χ3v) is 5.70. The quantitative estimate of drug-likeness (QED) is 0.701. The zero-order valence-corrected chi connectivity index (χ0v) is 16.6. The van der Waals surface area contributed by atoms with Crippen LogP contribution in [0.25, 0.3) is 5.52 Å². The molecular formula is C22H27N5O. The van der Waals surface area contributed by atoms with E-state index in [1.54, 1.807) is 0 Å². The predicted molar refractivity (Wildman–Crippen MR) is 109 cm³/mol. The van der Waals surface area contributed by atoms with Crippen molar-refractivity contribution in [3.8, 4) is 0 Å². The third kappa shape index (κ3) is 3.92. The molecule has 1 aliphatic heterocycles. The first-order valence-electron chi connectivity index (χ1n) is 9.95. The Kier molecular flexibility index (Phi) is 5.39. The molecule has 1 aliphatic rings. The van der Waals surface area contributed by atoms with Crippen LogP contribution >= 0.6 is 0 Å². The molecule has 3 aromatic heterocycles. The van der Waals surface area contributed by atoms with Crippen LogP contribution in [0.2, 0.25) is 0 Å². The number of amides is 1. The van der Waals surface area contributed by atoms with Crippen LogP contribution in [-0.4, -0.2) is 56.3 Å². The van der Waals surface area contributed by atoms with Gasteiger partial charge in [0.25, 0.3) is 5.91 Å². The van der Waals surface area contributed by atoms with Gasteiger partial charge >= 0.3 is 0 Å². The summed E-state index contributed by atoms with van der Waals surface area (Å²) >= 11 is 0. The molecule has 1 unspecified atom stereocenters. The summed E-state index contributed by atoms with van der Waals surface area (Å²) in [6.45, 7) is 4.40. The first kappa shape index (κ1) is 18.6. The number of hydrogen-bond acceptors (Lipinski definition) is 4. The lowest BCUT2D eigenvalue weighted by atomic mass is 10.1. The van der Waals surface area contributed by atoms with Gasteiger partial charge in [-0.1, -0.05) is 6.07 Å². The van der Waals surface area contributed by atoms with E-state index in [0.29, 0.717) is 6.04 Å². The van der Waals surface area contributed by atoms with Crippen LogP contribution in [0.4, 0.5) is 0 Å². The summed E-state index contributed by atoms with van der Waals surface area (Å²) < 4.78 is 1.98. The maximum absolute atomic E-state index is 13.1. The SMILES string of the molecule is Cc1ncc2ccc(C(=O)N3CCCC(N(C)Cc4ccccn4)CC3)cn12. The van der Waals surface area contributed by atoms with E-state index < -0.39 is 0 Å². The van der Waals surface area contributed by atoms with E-state index >= 15 is 0 Å². The van der Waals surface area contributed by atoms with Gasteiger partial charge in [0.15, 0.2) is 0 Å². The minimum atomic E-state index is 0.114. The van der Waals surface area contributed by atoms with Crippen molar-refractivity contribution in [1.29, 1.82) is 0 Å². The molecule has 0 spiro atoms. The van der Waals surface area contributed by atoms with Crippen LogP contribution in [0.15, 0.2) is 48.9 Å². The van der Waals surface area contributed by atoms with Crippen LogP contribution in [0.1, 0.15) is 41.1 Å². The number of nitrogens with zero attached hydrogens (tertiary/aromatic N) is 5. The van der Waals surface area contributed by atoms with E-state index in [9.17, 15) is 4.79 Å². The highest BCUT2D eigenvalue weighted by molar-refractivity contribution is 5.94. The fraction of sp³-hybridized carbons (Fsp3) is 0.409. The lowest BCUT2D eigenvalue weighted by molar-refractivity contribution is 0.0757. The van der Waals surface area contributed by atoms with Crippen molar-refractivity contribution in [3.63, 3.8) is 0 Å². The van der Waals surface area contributed by atoms with Gasteiger partial charge in [0.2, 0.25) is 0 Å². The van der Waals surface area contributed by atoms with Crippen molar-refractivity contribution in [2.75, 3.05) is 20.1 Å². The average Bonchev–Trinajstić information content (AvgIpc) is 2.93. The Morgan fingerprint density at radius 2 is 2.07 bits per heavy atom. The van der Waals surface area contributed by atoms with Crippen molar-refractivity contribution in [1.82, 2.24) is 24.2 Å². The smallest absolute Gasteiger partial charge is 0.255 e. The van der Waals surface area contributed by atoms with Crippen molar-refractivity contribution in [3.05, 3.63) is 66.0 Å². The Labute approximate surface area is 165 Å². The number of fused-ring (bicyclic) bond motifs is 1. The second-order valence-electron chi connectivity index (χ2n) is 7.63. The second kappa shape index (κ2) is 8.10. The molecule has 0 saturated carbocycles. The first-order valence-corrected chi connectivity index (χ1v) is 9.95. The number of imidazole rings is 1. The minimum absolute atomic E-state index is 0.114. The molecule has 4 heterocycles. The van der Waals surface area contributed by atoms with Crippen molar-refractivity contribution in [2.24, 2.45) is 0 Å². The molecule has 4 rings (SSSR count). The van der Waals surface area contributed by atoms with Crippen molar-refractivity contribution < 1.29 is 4.79 Å². The molecule has 1 amide bonds. The average molecular weight is 377 g/mol. The number of hydrogen-bond donors (Lipinski definition) is 0. The largest absolute Gasteiger partial charge is 0.339 e. The first-order chi connectivity index (χ1) is 13.6. The summed E-state index contributed by atoms with van der Waals surface area (Å²) in [5.41, 5.74) is 2.83. The number of rotatable bonds is 4. The number of carbonyl (C=O) groups is 1. The van der Waals surface area contributed by atoms with Crippen LogP contribution in [-0.2, 0) is 6.54 Å². The maximum Gasteiger partial charge on any atom is 0.255 e. The Morgan fingerprint density at radius 1 is 1.18 bits per heavy atom. The predicted octanol–water partition coefficient (Wildman–Crippen LogP) is 3.16.